The zero-order valence-electron chi connectivity index (χ0n) is 7.17. The van der Waals surface area contributed by atoms with E-state index in [1.54, 1.807) is 0 Å². The molecular formula is C9H13NOS. The molecule has 0 aromatic heterocycles. The maximum absolute atomic E-state index is 11.3. The summed E-state index contributed by atoms with van der Waals surface area (Å²) >= 11 is 0. The van der Waals surface area contributed by atoms with Crippen LogP contribution >= 0.6 is 0 Å². The zero-order valence-corrected chi connectivity index (χ0v) is 7.99. The Hall–Kier alpha value is -1.01. The van der Waals surface area contributed by atoms with Crippen LogP contribution in [0.1, 0.15) is 19.8 Å². The van der Waals surface area contributed by atoms with Crippen molar-refractivity contribution in [3.8, 4) is 12.3 Å². The quantitative estimate of drug-likeness (QED) is 0.671. The summed E-state index contributed by atoms with van der Waals surface area (Å²) in [7, 11) is -1.31. The molecule has 0 saturated heterocycles. The van der Waals surface area contributed by atoms with Gasteiger partial charge >= 0.3 is 0 Å². The molecule has 12 heavy (non-hydrogen) atoms. The van der Waals surface area contributed by atoms with Gasteiger partial charge < -0.3 is 5.73 Å². The van der Waals surface area contributed by atoms with Gasteiger partial charge in [-0.05, 0) is 6.42 Å². The number of hydrogen-bond donors (Lipinski definition) is 1. The van der Waals surface area contributed by atoms with Crippen molar-refractivity contribution in [3.63, 3.8) is 0 Å². The lowest BCUT2D eigenvalue weighted by atomic mass is 10.3. The lowest BCUT2D eigenvalue weighted by Crippen LogP contribution is -2.05. The third-order valence-corrected chi connectivity index (χ3v) is 2.49. The van der Waals surface area contributed by atoms with E-state index in [2.05, 4.69) is 12.5 Å². The van der Waals surface area contributed by atoms with Gasteiger partial charge in [-0.3, -0.25) is 0 Å². The first kappa shape index (κ1) is 11.0. The summed E-state index contributed by atoms with van der Waals surface area (Å²) in [5, 5.41) is 0.157. The van der Waals surface area contributed by atoms with Crippen LogP contribution in [0, 0.1) is 12.3 Å². The number of hydrogen-bond acceptors (Lipinski definition) is 2. The highest BCUT2D eigenvalue weighted by Gasteiger charge is 2.06. The van der Waals surface area contributed by atoms with Crippen LogP contribution in [0.2, 0.25) is 0 Å². The van der Waals surface area contributed by atoms with Gasteiger partial charge in [-0.1, -0.05) is 25.8 Å². The Morgan fingerprint density at radius 3 is 2.75 bits per heavy atom. The molecule has 0 heterocycles. The highest BCUT2D eigenvalue weighted by molar-refractivity contribution is 7.92. The van der Waals surface area contributed by atoms with Gasteiger partial charge in [0.25, 0.3) is 0 Å². The number of allylic oxidation sites excluding steroid dienone is 2. The minimum Gasteiger partial charge on any atom is -0.392 e. The second-order valence-electron chi connectivity index (χ2n) is 2.26. The van der Waals surface area contributed by atoms with E-state index in [0.29, 0.717) is 11.3 Å². The highest BCUT2D eigenvalue weighted by Crippen LogP contribution is 2.12. The van der Waals surface area contributed by atoms with Crippen molar-refractivity contribution in [3.05, 3.63) is 22.6 Å². The molecule has 0 aliphatic heterocycles. The Bertz CT molecular complexity index is 260. The van der Waals surface area contributed by atoms with Crippen LogP contribution in [0.5, 0.6) is 0 Å². The Kier molecular flexibility index (Phi) is 5.14. The molecule has 0 aliphatic carbocycles. The van der Waals surface area contributed by atoms with E-state index in [-0.39, 0.29) is 5.03 Å². The average molecular weight is 183 g/mol. The number of nitrogens with two attached hydrogens (primary N) is 1. The molecule has 0 fully saturated rings. The summed E-state index contributed by atoms with van der Waals surface area (Å²) < 4.78 is 11.3. The number of terminal acetylenes is 1. The molecule has 0 aromatic rings. The summed E-state index contributed by atoms with van der Waals surface area (Å²) in [6, 6.07) is 0. The molecule has 0 saturated carbocycles. The van der Waals surface area contributed by atoms with E-state index in [1.165, 1.54) is 6.08 Å². The number of rotatable bonds is 4. The fourth-order valence-corrected chi connectivity index (χ4v) is 1.63. The van der Waals surface area contributed by atoms with Crippen molar-refractivity contribution in [2.75, 3.05) is 0 Å². The lowest BCUT2D eigenvalue weighted by Gasteiger charge is -2.02. The van der Waals surface area contributed by atoms with E-state index < -0.39 is 10.8 Å². The van der Waals surface area contributed by atoms with Gasteiger partial charge in [0.15, 0.2) is 0 Å². The van der Waals surface area contributed by atoms with E-state index in [9.17, 15) is 4.21 Å². The summed E-state index contributed by atoms with van der Waals surface area (Å²) in [5.74, 6) is 2.34. The Morgan fingerprint density at radius 1 is 1.83 bits per heavy atom. The first-order chi connectivity index (χ1) is 5.63. The largest absolute Gasteiger partial charge is 0.392 e. The van der Waals surface area contributed by atoms with E-state index >= 15 is 0 Å². The van der Waals surface area contributed by atoms with E-state index in [1.807, 2.05) is 6.92 Å². The molecule has 0 spiro atoms. The van der Waals surface area contributed by atoms with Crippen molar-refractivity contribution in [2.24, 2.45) is 5.73 Å². The maximum Gasteiger partial charge on any atom is 0.0969 e. The summed E-state index contributed by atoms with van der Waals surface area (Å²) in [6.07, 6.45) is 8.16. The molecular weight excluding hydrogens is 170 g/mol. The lowest BCUT2D eigenvalue weighted by molar-refractivity contribution is 0.688. The van der Waals surface area contributed by atoms with Gasteiger partial charge in [0, 0.05) is 11.0 Å². The smallest absolute Gasteiger partial charge is 0.0969 e. The van der Waals surface area contributed by atoms with Crippen molar-refractivity contribution in [2.45, 2.75) is 19.8 Å². The van der Waals surface area contributed by atoms with Crippen LogP contribution in [-0.2, 0) is 10.8 Å². The molecule has 0 amide bonds. The van der Waals surface area contributed by atoms with Gasteiger partial charge in [0.2, 0.25) is 0 Å². The monoisotopic (exact) mass is 183 g/mol. The zero-order chi connectivity index (χ0) is 9.56. The van der Waals surface area contributed by atoms with Crippen LogP contribution in [0.25, 0.3) is 0 Å². The Morgan fingerprint density at radius 2 is 2.42 bits per heavy atom. The molecule has 2 nitrogen and oxygen atoms in total. The molecule has 1 atom stereocenters. The first-order valence-corrected chi connectivity index (χ1v) is 4.79. The van der Waals surface area contributed by atoms with Crippen molar-refractivity contribution in [1.82, 2.24) is 0 Å². The third kappa shape index (κ3) is 3.40. The molecule has 0 bridgehead atoms. The molecule has 0 rings (SSSR count). The molecule has 0 aromatic carbocycles. The minimum atomic E-state index is -1.31. The minimum absolute atomic E-state index is 0.157. The summed E-state index contributed by atoms with van der Waals surface area (Å²) in [4.78, 5) is 0.674. The molecule has 2 N–H and O–H groups in total. The normalized spacial score (nSPS) is 13.5. The second-order valence-corrected chi connectivity index (χ2v) is 3.85. The van der Waals surface area contributed by atoms with Crippen LogP contribution in [0.3, 0.4) is 0 Å². The Labute approximate surface area is 76.0 Å². The van der Waals surface area contributed by atoms with E-state index in [0.717, 1.165) is 6.42 Å². The average Bonchev–Trinajstić information content (AvgIpc) is 2.03. The standard InChI is InChI=1S/C9H13NOS/c1-4-6-9(7-5-2)12(11)8(3)10/h1,6H,3,5,7,10H2,2H3/b9-6+. The maximum atomic E-state index is 11.3. The predicted octanol–water partition coefficient (Wildman–Crippen LogP) is 1.48. The fraction of sp³-hybridized carbons (Fsp3) is 0.333. The van der Waals surface area contributed by atoms with Gasteiger partial charge in [-0.25, -0.2) is 4.21 Å². The van der Waals surface area contributed by atoms with Gasteiger partial charge in [0.05, 0.1) is 15.8 Å². The first-order valence-electron chi connectivity index (χ1n) is 3.64. The molecule has 1 unspecified atom stereocenters. The molecule has 66 valence electrons. The van der Waals surface area contributed by atoms with Gasteiger partial charge in [-0.2, -0.15) is 0 Å². The SMILES string of the molecule is C#C/C=C(\CCC)S(=O)C(=C)N. The Balaban J connectivity index is 4.55. The van der Waals surface area contributed by atoms with Crippen LogP contribution in [0.4, 0.5) is 0 Å². The third-order valence-electron chi connectivity index (χ3n) is 1.22. The fourth-order valence-electron chi connectivity index (χ4n) is 0.726. The van der Waals surface area contributed by atoms with Gasteiger partial charge in [0.1, 0.15) is 0 Å². The molecule has 0 radical (unpaired) electrons. The van der Waals surface area contributed by atoms with Crippen LogP contribution < -0.4 is 5.73 Å². The van der Waals surface area contributed by atoms with Crippen LogP contribution in [-0.4, -0.2) is 4.21 Å². The topological polar surface area (TPSA) is 43.1 Å². The van der Waals surface area contributed by atoms with Crippen molar-refractivity contribution < 1.29 is 4.21 Å². The predicted molar refractivity (Wildman–Crippen MR) is 53.3 cm³/mol. The summed E-state index contributed by atoms with van der Waals surface area (Å²) in [5.41, 5.74) is 5.29. The summed E-state index contributed by atoms with van der Waals surface area (Å²) in [6.45, 7) is 5.40. The van der Waals surface area contributed by atoms with Crippen molar-refractivity contribution >= 4 is 10.8 Å². The van der Waals surface area contributed by atoms with E-state index in [4.69, 9.17) is 12.2 Å². The molecule has 0 aliphatic rings. The van der Waals surface area contributed by atoms with Gasteiger partial charge in [-0.15, -0.1) is 6.42 Å². The van der Waals surface area contributed by atoms with Crippen LogP contribution in [0.15, 0.2) is 22.6 Å². The molecule has 3 heteroatoms. The van der Waals surface area contributed by atoms with Crippen molar-refractivity contribution in [1.29, 1.82) is 0 Å². The second kappa shape index (κ2) is 5.62. The highest BCUT2D eigenvalue weighted by atomic mass is 32.2.